The highest BCUT2D eigenvalue weighted by atomic mass is 15.2. The van der Waals surface area contributed by atoms with Crippen molar-refractivity contribution in [3.63, 3.8) is 0 Å². The van der Waals surface area contributed by atoms with E-state index >= 15 is 0 Å². The lowest BCUT2D eigenvalue weighted by Gasteiger charge is -2.39. The fraction of sp³-hybridized carbons (Fsp3) is 0.200. The largest absolute Gasteiger partial charge is 0.364 e. The maximum absolute atomic E-state index is 2.57. The maximum atomic E-state index is 2.57. The fourth-order valence-electron chi connectivity index (χ4n) is 3.90. The predicted molar refractivity (Wildman–Crippen MR) is 112 cm³/mol. The molecule has 0 N–H and O–H groups in total. The van der Waals surface area contributed by atoms with Crippen molar-refractivity contribution in [1.29, 1.82) is 0 Å². The van der Waals surface area contributed by atoms with Gasteiger partial charge in [-0.3, -0.25) is 0 Å². The Bertz CT molecular complexity index is 881. The smallest absolute Gasteiger partial charge is 0.0579 e. The zero-order valence-corrected chi connectivity index (χ0v) is 15.3. The summed E-state index contributed by atoms with van der Waals surface area (Å²) in [6.45, 7) is 3.27. The number of anilines is 1. The third-order valence-corrected chi connectivity index (χ3v) is 5.22. The van der Waals surface area contributed by atoms with E-state index in [4.69, 9.17) is 0 Å². The van der Waals surface area contributed by atoms with Crippen molar-refractivity contribution in [1.82, 2.24) is 0 Å². The van der Waals surface area contributed by atoms with Crippen LogP contribution in [0.2, 0.25) is 0 Å². The van der Waals surface area contributed by atoms with Crippen LogP contribution in [0.5, 0.6) is 0 Å². The van der Waals surface area contributed by atoms with Gasteiger partial charge in [-0.25, -0.2) is 0 Å². The quantitative estimate of drug-likeness (QED) is 0.547. The van der Waals surface area contributed by atoms with Crippen molar-refractivity contribution in [3.05, 3.63) is 107 Å². The summed E-state index contributed by atoms with van der Waals surface area (Å²) in [5.41, 5.74) is 6.91. The van der Waals surface area contributed by atoms with Gasteiger partial charge < -0.3 is 4.90 Å². The van der Waals surface area contributed by atoms with Gasteiger partial charge in [0.1, 0.15) is 0 Å². The van der Waals surface area contributed by atoms with Crippen molar-refractivity contribution in [2.24, 2.45) is 0 Å². The molecule has 0 saturated heterocycles. The van der Waals surface area contributed by atoms with Crippen LogP contribution in [0.1, 0.15) is 34.7 Å². The van der Waals surface area contributed by atoms with Gasteiger partial charge in [0.05, 0.1) is 6.04 Å². The maximum Gasteiger partial charge on any atom is 0.0579 e. The third kappa shape index (κ3) is 3.57. The van der Waals surface area contributed by atoms with E-state index in [9.17, 15) is 0 Å². The Balaban J connectivity index is 1.66. The van der Waals surface area contributed by atoms with Gasteiger partial charge in [-0.15, -0.1) is 0 Å². The average Bonchev–Trinajstić information content (AvgIpc) is 2.69. The van der Waals surface area contributed by atoms with Crippen LogP contribution in [0.25, 0.3) is 6.08 Å². The van der Waals surface area contributed by atoms with Gasteiger partial charge in [0.25, 0.3) is 0 Å². The van der Waals surface area contributed by atoms with Gasteiger partial charge in [-0.05, 0) is 48.6 Å². The molecule has 1 atom stereocenters. The van der Waals surface area contributed by atoms with Gasteiger partial charge in [0.15, 0.2) is 0 Å². The molecule has 0 radical (unpaired) electrons. The molecule has 1 heterocycles. The molecule has 0 aromatic heterocycles. The van der Waals surface area contributed by atoms with Gasteiger partial charge in [-0.2, -0.15) is 0 Å². The molecule has 0 aliphatic carbocycles. The Morgan fingerprint density at radius 2 is 1.65 bits per heavy atom. The lowest BCUT2D eigenvalue weighted by atomic mass is 9.88. The van der Waals surface area contributed by atoms with Crippen LogP contribution in [0.15, 0.2) is 84.9 Å². The van der Waals surface area contributed by atoms with E-state index in [1.807, 2.05) is 0 Å². The Hall–Kier alpha value is -2.80. The van der Waals surface area contributed by atoms with Crippen LogP contribution in [0.3, 0.4) is 0 Å². The zero-order valence-electron chi connectivity index (χ0n) is 15.3. The summed E-state index contributed by atoms with van der Waals surface area (Å²) in [4.78, 5) is 2.57. The first-order valence-electron chi connectivity index (χ1n) is 9.44. The first-order chi connectivity index (χ1) is 12.8. The van der Waals surface area contributed by atoms with Crippen molar-refractivity contribution in [3.8, 4) is 0 Å². The topological polar surface area (TPSA) is 3.24 Å². The van der Waals surface area contributed by atoms with E-state index in [-0.39, 0.29) is 0 Å². The highest BCUT2D eigenvalue weighted by Crippen LogP contribution is 2.36. The molecular weight excluding hydrogens is 314 g/mol. The molecule has 1 aliphatic rings. The summed E-state index contributed by atoms with van der Waals surface area (Å²) in [6, 6.07) is 28.7. The number of nitrogens with zero attached hydrogens (tertiary/aromatic N) is 1. The van der Waals surface area contributed by atoms with E-state index < -0.39 is 0 Å². The minimum Gasteiger partial charge on any atom is -0.364 e. The summed E-state index contributed by atoms with van der Waals surface area (Å²) in [7, 11) is 0. The van der Waals surface area contributed by atoms with E-state index in [0.29, 0.717) is 6.04 Å². The van der Waals surface area contributed by atoms with Crippen LogP contribution in [-0.2, 0) is 6.42 Å². The molecule has 4 rings (SSSR count). The Kier molecular flexibility index (Phi) is 4.88. The van der Waals surface area contributed by atoms with Gasteiger partial charge in [0.2, 0.25) is 0 Å². The van der Waals surface area contributed by atoms with Crippen LogP contribution in [0, 0.1) is 6.92 Å². The van der Waals surface area contributed by atoms with Crippen LogP contribution < -0.4 is 4.90 Å². The predicted octanol–water partition coefficient (Wildman–Crippen LogP) is 6.20. The third-order valence-electron chi connectivity index (χ3n) is 5.22. The highest BCUT2D eigenvalue weighted by Gasteiger charge is 2.26. The number of hydrogen-bond acceptors (Lipinski definition) is 1. The lowest BCUT2D eigenvalue weighted by molar-refractivity contribution is 0.588. The summed E-state index contributed by atoms with van der Waals surface area (Å²) in [6.07, 6.45) is 6.70. The van der Waals surface area contributed by atoms with Gasteiger partial charge in [-0.1, -0.05) is 84.4 Å². The van der Waals surface area contributed by atoms with E-state index in [0.717, 1.165) is 19.4 Å². The Labute approximate surface area is 156 Å². The standard InChI is InChI=1S/C25H25N/c1-20-15-16-22-17-18-26(23-12-6-3-7-13-23)25(24(22)19-20)14-8-11-21-9-4-2-5-10-21/h2-13,15-16,19,25H,14,17-18H2,1H3/b11-8-. The monoisotopic (exact) mass is 339 g/mol. The molecule has 1 aliphatic heterocycles. The molecule has 0 saturated carbocycles. The van der Waals surface area contributed by atoms with Crippen molar-refractivity contribution in [2.45, 2.75) is 25.8 Å². The molecule has 0 fully saturated rings. The molecule has 26 heavy (non-hydrogen) atoms. The summed E-state index contributed by atoms with van der Waals surface area (Å²) in [5, 5.41) is 0. The number of hydrogen-bond donors (Lipinski definition) is 0. The van der Waals surface area contributed by atoms with Crippen LogP contribution in [-0.4, -0.2) is 6.54 Å². The average molecular weight is 339 g/mol. The number of rotatable bonds is 4. The molecule has 130 valence electrons. The molecule has 0 amide bonds. The summed E-state index contributed by atoms with van der Waals surface area (Å²) >= 11 is 0. The van der Waals surface area contributed by atoms with Crippen molar-refractivity contribution < 1.29 is 0 Å². The number of para-hydroxylation sites is 1. The number of benzene rings is 3. The molecule has 1 nitrogen and oxygen atoms in total. The Morgan fingerprint density at radius 1 is 0.923 bits per heavy atom. The molecule has 1 heteroatoms. The lowest BCUT2D eigenvalue weighted by Crippen LogP contribution is -2.35. The molecule has 0 bridgehead atoms. The minimum absolute atomic E-state index is 0.390. The second-order valence-corrected chi connectivity index (χ2v) is 7.05. The van der Waals surface area contributed by atoms with E-state index in [1.165, 1.54) is 27.9 Å². The highest BCUT2D eigenvalue weighted by molar-refractivity contribution is 5.54. The summed E-state index contributed by atoms with van der Waals surface area (Å²) < 4.78 is 0. The SMILES string of the molecule is Cc1ccc2c(c1)C(C/C=C\c1ccccc1)N(c1ccccc1)CC2. The molecule has 0 spiro atoms. The fourth-order valence-corrected chi connectivity index (χ4v) is 3.90. The number of fused-ring (bicyclic) bond motifs is 1. The Morgan fingerprint density at radius 3 is 2.42 bits per heavy atom. The first-order valence-corrected chi connectivity index (χ1v) is 9.44. The van der Waals surface area contributed by atoms with Gasteiger partial charge in [0, 0.05) is 12.2 Å². The second-order valence-electron chi connectivity index (χ2n) is 7.05. The van der Waals surface area contributed by atoms with E-state index in [1.54, 1.807) is 0 Å². The van der Waals surface area contributed by atoms with Gasteiger partial charge >= 0.3 is 0 Å². The van der Waals surface area contributed by atoms with Crippen molar-refractivity contribution in [2.75, 3.05) is 11.4 Å². The van der Waals surface area contributed by atoms with Crippen LogP contribution in [0.4, 0.5) is 5.69 Å². The molecule has 3 aromatic rings. The summed E-state index contributed by atoms with van der Waals surface area (Å²) in [5.74, 6) is 0. The second kappa shape index (κ2) is 7.61. The number of aryl methyl sites for hydroxylation is 1. The molecular formula is C25H25N. The van der Waals surface area contributed by atoms with Crippen LogP contribution >= 0.6 is 0 Å². The first kappa shape index (κ1) is 16.7. The molecule has 3 aromatic carbocycles. The van der Waals surface area contributed by atoms with Crippen molar-refractivity contribution >= 4 is 11.8 Å². The molecule has 1 unspecified atom stereocenters. The minimum atomic E-state index is 0.390. The normalized spacial score (nSPS) is 16.7. The zero-order chi connectivity index (χ0) is 17.8. The van der Waals surface area contributed by atoms with E-state index in [2.05, 4.69) is 103 Å².